The first-order valence-corrected chi connectivity index (χ1v) is 5.36. The number of aromatic amines is 1. The number of nitrogens with zero attached hydrogens (tertiary/aromatic N) is 1. The van der Waals surface area contributed by atoms with Crippen molar-refractivity contribution >= 4 is 0 Å². The van der Waals surface area contributed by atoms with Gasteiger partial charge in [-0.15, -0.1) is 0 Å². The number of fused-ring (bicyclic) bond motifs is 1. The maximum absolute atomic E-state index is 4.45. The maximum Gasteiger partial charge on any atom is 0.0723 e. The molecule has 0 saturated carbocycles. The van der Waals surface area contributed by atoms with Gasteiger partial charge in [0.2, 0.25) is 0 Å². The van der Waals surface area contributed by atoms with Gasteiger partial charge in [0.25, 0.3) is 0 Å². The Morgan fingerprint density at radius 2 is 2.07 bits per heavy atom. The van der Waals surface area contributed by atoms with E-state index in [9.17, 15) is 0 Å². The lowest BCUT2D eigenvalue weighted by Gasteiger charge is -2.17. The molecule has 0 unspecified atom stereocenters. The lowest BCUT2D eigenvalue weighted by Crippen LogP contribution is -2.18. The highest BCUT2D eigenvalue weighted by molar-refractivity contribution is 5.31. The van der Waals surface area contributed by atoms with E-state index in [1.54, 1.807) is 0 Å². The molecule has 3 heteroatoms. The molecule has 2 heterocycles. The summed E-state index contributed by atoms with van der Waals surface area (Å²) in [6, 6.07) is 0. The molecule has 2 rings (SSSR count). The van der Waals surface area contributed by atoms with Crippen LogP contribution >= 0.6 is 0 Å². The summed E-state index contributed by atoms with van der Waals surface area (Å²) in [4.78, 5) is 0. The van der Waals surface area contributed by atoms with E-state index in [1.165, 1.54) is 23.4 Å². The molecule has 1 aliphatic rings. The molecule has 0 fully saturated rings. The standard InChI is InChI=1S/C11H19N3/c1-11(2,3)10-8-7-12-6-4-5-9(8)13-14-10/h12H,4-7H2,1-3H3,(H,13,14). The van der Waals surface area contributed by atoms with E-state index in [1.807, 2.05) is 0 Å². The summed E-state index contributed by atoms with van der Waals surface area (Å²) in [6.07, 6.45) is 2.34. The van der Waals surface area contributed by atoms with E-state index in [4.69, 9.17) is 0 Å². The minimum atomic E-state index is 0.149. The van der Waals surface area contributed by atoms with Crippen molar-refractivity contribution in [3.05, 3.63) is 17.0 Å². The van der Waals surface area contributed by atoms with Gasteiger partial charge in [-0.2, -0.15) is 5.10 Å². The van der Waals surface area contributed by atoms with E-state index in [0.29, 0.717) is 0 Å². The smallest absolute Gasteiger partial charge is 0.0723 e. The summed E-state index contributed by atoms with van der Waals surface area (Å²) in [5.41, 5.74) is 4.10. The molecule has 0 amide bonds. The molecule has 0 spiro atoms. The Balaban J connectivity index is 2.39. The highest BCUT2D eigenvalue weighted by Crippen LogP contribution is 2.27. The van der Waals surface area contributed by atoms with Gasteiger partial charge >= 0.3 is 0 Å². The Kier molecular flexibility index (Phi) is 2.35. The van der Waals surface area contributed by atoms with Gasteiger partial charge in [-0.3, -0.25) is 5.10 Å². The van der Waals surface area contributed by atoms with E-state index in [-0.39, 0.29) is 5.41 Å². The monoisotopic (exact) mass is 193 g/mol. The molecular weight excluding hydrogens is 174 g/mol. The van der Waals surface area contributed by atoms with Gasteiger partial charge in [-0.05, 0) is 19.4 Å². The molecule has 14 heavy (non-hydrogen) atoms. The van der Waals surface area contributed by atoms with Gasteiger partial charge in [0.1, 0.15) is 0 Å². The number of aryl methyl sites for hydroxylation is 1. The van der Waals surface area contributed by atoms with Crippen LogP contribution in [-0.2, 0) is 18.4 Å². The van der Waals surface area contributed by atoms with Crippen molar-refractivity contribution in [2.24, 2.45) is 0 Å². The minimum absolute atomic E-state index is 0.149. The zero-order valence-corrected chi connectivity index (χ0v) is 9.28. The molecule has 78 valence electrons. The first-order chi connectivity index (χ1) is 6.59. The van der Waals surface area contributed by atoms with Crippen molar-refractivity contribution in [1.82, 2.24) is 15.5 Å². The third-order valence-electron chi connectivity index (χ3n) is 2.75. The molecule has 0 bridgehead atoms. The van der Waals surface area contributed by atoms with Crippen LogP contribution in [0.2, 0.25) is 0 Å². The van der Waals surface area contributed by atoms with Crippen molar-refractivity contribution in [2.75, 3.05) is 6.54 Å². The number of nitrogens with one attached hydrogen (secondary N) is 2. The van der Waals surface area contributed by atoms with Crippen molar-refractivity contribution in [2.45, 2.75) is 45.6 Å². The fraction of sp³-hybridized carbons (Fsp3) is 0.727. The largest absolute Gasteiger partial charge is 0.313 e. The van der Waals surface area contributed by atoms with Crippen LogP contribution in [0.5, 0.6) is 0 Å². The van der Waals surface area contributed by atoms with Crippen molar-refractivity contribution in [3.8, 4) is 0 Å². The summed E-state index contributed by atoms with van der Waals surface area (Å²) in [5, 5.41) is 11.1. The Morgan fingerprint density at radius 3 is 2.79 bits per heavy atom. The van der Waals surface area contributed by atoms with Crippen LogP contribution in [0.1, 0.15) is 44.1 Å². The van der Waals surface area contributed by atoms with Crippen LogP contribution in [-0.4, -0.2) is 16.7 Å². The van der Waals surface area contributed by atoms with E-state index < -0.39 is 0 Å². The van der Waals surface area contributed by atoms with Gasteiger partial charge in [0.15, 0.2) is 0 Å². The van der Waals surface area contributed by atoms with Crippen LogP contribution in [0, 0.1) is 0 Å². The van der Waals surface area contributed by atoms with Crippen LogP contribution < -0.4 is 5.32 Å². The van der Waals surface area contributed by atoms with Crippen LogP contribution in [0.15, 0.2) is 0 Å². The molecule has 1 aliphatic heterocycles. The first kappa shape index (κ1) is 9.71. The highest BCUT2D eigenvalue weighted by atomic mass is 15.1. The summed E-state index contributed by atoms with van der Waals surface area (Å²) in [7, 11) is 0. The van der Waals surface area contributed by atoms with Gasteiger partial charge < -0.3 is 5.32 Å². The lowest BCUT2D eigenvalue weighted by atomic mass is 9.88. The average Bonchev–Trinajstić information content (AvgIpc) is 2.36. The number of hydrogen-bond acceptors (Lipinski definition) is 2. The Hall–Kier alpha value is -0.830. The summed E-state index contributed by atoms with van der Waals surface area (Å²) in [6.45, 7) is 8.74. The summed E-state index contributed by atoms with van der Waals surface area (Å²) >= 11 is 0. The SMILES string of the molecule is CC(C)(C)c1n[nH]c2c1CNCCC2. The fourth-order valence-corrected chi connectivity index (χ4v) is 2.02. The predicted octanol–water partition coefficient (Wildman–Crippen LogP) is 1.74. The number of hydrogen-bond donors (Lipinski definition) is 2. The molecule has 3 nitrogen and oxygen atoms in total. The zero-order valence-electron chi connectivity index (χ0n) is 9.28. The van der Waals surface area contributed by atoms with Gasteiger partial charge in [0.05, 0.1) is 5.69 Å². The average molecular weight is 193 g/mol. The second-order valence-electron chi connectivity index (χ2n) is 5.06. The van der Waals surface area contributed by atoms with Crippen LogP contribution in [0.25, 0.3) is 0 Å². The molecular formula is C11H19N3. The first-order valence-electron chi connectivity index (χ1n) is 5.36. The second-order valence-corrected chi connectivity index (χ2v) is 5.06. The summed E-state index contributed by atoms with van der Waals surface area (Å²) < 4.78 is 0. The maximum atomic E-state index is 4.45. The number of aromatic nitrogens is 2. The van der Waals surface area contributed by atoms with Gasteiger partial charge in [0, 0.05) is 23.2 Å². The Labute approximate surface area is 85.3 Å². The van der Waals surface area contributed by atoms with E-state index >= 15 is 0 Å². The topological polar surface area (TPSA) is 40.7 Å². The predicted molar refractivity (Wildman–Crippen MR) is 57.3 cm³/mol. The van der Waals surface area contributed by atoms with Crippen LogP contribution in [0.4, 0.5) is 0 Å². The minimum Gasteiger partial charge on any atom is -0.313 e. The third kappa shape index (κ3) is 1.69. The van der Waals surface area contributed by atoms with Crippen molar-refractivity contribution < 1.29 is 0 Å². The number of H-pyrrole nitrogens is 1. The molecule has 1 aromatic rings. The van der Waals surface area contributed by atoms with E-state index in [0.717, 1.165) is 19.5 Å². The summed E-state index contributed by atoms with van der Waals surface area (Å²) in [5.74, 6) is 0. The van der Waals surface area contributed by atoms with Gasteiger partial charge in [-0.1, -0.05) is 20.8 Å². The molecule has 0 radical (unpaired) electrons. The third-order valence-corrected chi connectivity index (χ3v) is 2.75. The zero-order chi connectivity index (χ0) is 10.2. The van der Waals surface area contributed by atoms with E-state index in [2.05, 4.69) is 36.3 Å². The highest BCUT2D eigenvalue weighted by Gasteiger charge is 2.24. The molecule has 2 N–H and O–H groups in total. The molecule has 0 saturated heterocycles. The fourth-order valence-electron chi connectivity index (χ4n) is 2.02. The lowest BCUT2D eigenvalue weighted by molar-refractivity contribution is 0.554. The molecule has 0 aromatic carbocycles. The molecule has 0 aliphatic carbocycles. The second kappa shape index (κ2) is 3.39. The molecule has 0 atom stereocenters. The number of rotatable bonds is 0. The van der Waals surface area contributed by atoms with Crippen molar-refractivity contribution in [1.29, 1.82) is 0 Å². The van der Waals surface area contributed by atoms with Crippen LogP contribution in [0.3, 0.4) is 0 Å². The quantitative estimate of drug-likeness (QED) is 0.659. The van der Waals surface area contributed by atoms with Crippen molar-refractivity contribution in [3.63, 3.8) is 0 Å². The molecule has 1 aromatic heterocycles. The Morgan fingerprint density at radius 1 is 1.29 bits per heavy atom. The normalized spacial score (nSPS) is 17.6. The Bertz CT molecular complexity index is 320. The van der Waals surface area contributed by atoms with Gasteiger partial charge in [-0.25, -0.2) is 0 Å².